The van der Waals surface area contributed by atoms with Crippen LogP contribution in [0, 0.1) is 5.41 Å². The van der Waals surface area contributed by atoms with Gasteiger partial charge in [0, 0.05) is 22.5 Å². The van der Waals surface area contributed by atoms with Gasteiger partial charge in [0.2, 0.25) is 5.91 Å². The molecule has 0 aliphatic carbocycles. The van der Waals surface area contributed by atoms with Crippen LogP contribution in [0.3, 0.4) is 0 Å². The number of carbonyl (C=O) groups excluding carboxylic acids is 1. The van der Waals surface area contributed by atoms with E-state index in [1.54, 1.807) is 12.2 Å². The molecule has 0 spiro atoms. The first-order valence-electron chi connectivity index (χ1n) is 5.87. The van der Waals surface area contributed by atoms with E-state index in [0.29, 0.717) is 6.54 Å². The summed E-state index contributed by atoms with van der Waals surface area (Å²) in [6, 6.07) is 7.80. The molecule has 1 N–H and O–H groups in total. The van der Waals surface area contributed by atoms with Gasteiger partial charge >= 0.3 is 0 Å². The van der Waals surface area contributed by atoms with Crippen molar-refractivity contribution in [2.75, 3.05) is 19.8 Å². The molecule has 0 saturated carbocycles. The Labute approximate surface area is 115 Å². The van der Waals surface area contributed by atoms with Crippen molar-refractivity contribution in [2.45, 2.75) is 6.92 Å². The van der Waals surface area contributed by atoms with Gasteiger partial charge in [0.25, 0.3) is 0 Å². The van der Waals surface area contributed by atoms with Gasteiger partial charge in [-0.3, -0.25) is 4.79 Å². The van der Waals surface area contributed by atoms with Crippen LogP contribution in [0.5, 0.6) is 0 Å². The van der Waals surface area contributed by atoms with E-state index in [1.807, 2.05) is 24.3 Å². The van der Waals surface area contributed by atoms with Crippen molar-refractivity contribution in [1.29, 1.82) is 0 Å². The summed E-state index contributed by atoms with van der Waals surface area (Å²) >= 11 is 3.37. The minimum Gasteiger partial charge on any atom is -0.380 e. The Morgan fingerprint density at radius 2 is 2.11 bits per heavy atom. The highest BCUT2D eigenvalue weighted by Gasteiger charge is 2.33. The third kappa shape index (κ3) is 3.68. The highest BCUT2D eigenvalue weighted by molar-refractivity contribution is 9.10. The van der Waals surface area contributed by atoms with Gasteiger partial charge in [-0.1, -0.05) is 35.0 Å². The standard InChI is InChI=1S/C14H16BrNO2/c1-14(9-18-10-14)8-16-13(17)7-4-11-2-5-12(15)6-3-11/h2-7H,8-10H2,1H3,(H,16,17). The third-order valence-electron chi connectivity index (χ3n) is 2.89. The van der Waals surface area contributed by atoms with Crippen LogP contribution in [0.4, 0.5) is 0 Å². The second-order valence-electron chi connectivity index (χ2n) is 4.91. The highest BCUT2D eigenvalue weighted by Crippen LogP contribution is 2.24. The Morgan fingerprint density at radius 3 is 2.67 bits per heavy atom. The van der Waals surface area contributed by atoms with Crippen LogP contribution < -0.4 is 5.32 Å². The molecule has 1 amide bonds. The molecule has 1 saturated heterocycles. The summed E-state index contributed by atoms with van der Waals surface area (Å²) in [6.45, 7) is 4.22. The van der Waals surface area contributed by atoms with Crippen molar-refractivity contribution in [3.8, 4) is 0 Å². The molecule has 0 unspecified atom stereocenters. The van der Waals surface area contributed by atoms with Crippen molar-refractivity contribution < 1.29 is 9.53 Å². The SMILES string of the molecule is CC1(CNC(=O)C=Cc2ccc(Br)cc2)COC1. The van der Waals surface area contributed by atoms with Gasteiger partial charge in [-0.15, -0.1) is 0 Å². The molecule has 4 heteroatoms. The lowest BCUT2D eigenvalue weighted by Crippen LogP contribution is -2.48. The van der Waals surface area contributed by atoms with Crippen molar-refractivity contribution in [3.63, 3.8) is 0 Å². The van der Waals surface area contributed by atoms with Crippen LogP contribution in [0.15, 0.2) is 34.8 Å². The molecule has 1 aromatic carbocycles. The van der Waals surface area contributed by atoms with E-state index in [0.717, 1.165) is 23.2 Å². The topological polar surface area (TPSA) is 38.3 Å². The normalized spacial score (nSPS) is 17.4. The first-order chi connectivity index (χ1) is 8.57. The van der Waals surface area contributed by atoms with Crippen LogP contribution >= 0.6 is 15.9 Å². The molecule has 0 bridgehead atoms. The Bertz CT molecular complexity index is 449. The summed E-state index contributed by atoms with van der Waals surface area (Å²) in [5.74, 6) is -0.0638. The molecule has 1 aliphatic rings. The molecule has 0 aromatic heterocycles. The molecular formula is C14H16BrNO2. The Kier molecular flexibility index (Phi) is 4.19. The van der Waals surface area contributed by atoms with Crippen molar-refractivity contribution in [2.24, 2.45) is 5.41 Å². The third-order valence-corrected chi connectivity index (χ3v) is 3.42. The molecule has 3 nitrogen and oxygen atoms in total. The molecule has 18 heavy (non-hydrogen) atoms. The molecule has 1 aliphatic heterocycles. The van der Waals surface area contributed by atoms with Gasteiger partial charge in [-0.25, -0.2) is 0 Å². The maximum absolute atomic E-state index is 11.6. The first-order valence-corrected chi connectivity index (χ1v) is 6.66. The van der Waals surface area contributed by atoms with E-state index in [1.165, 1.54) is 0 Å². The number of ether oxygens (including phenoxy) is 1. The number of nitrogens with one attached hydrogen (secondary N) is 1. The Morgan fingerprint density at radius 1 is 1.44 bits per heavy atom. The van der Waals surface area contributed by atoms with E-state index < -0.39 is 0 Å². The van der Waals surface area contributed by atoms with Crippen LogP contribution in [0.2, 0.25) is 0 Å². The minimum absolute atomic E-state index is 0.0638. The van der Waals surface area contributed by atoms with Crippen molar-refractivity contribution >= 4 is 27.9 Å². The lowest BCUT2D eigenvalue weighted by atomic mass is 9.89. The first kappa shape index (κ1) is 13.3. The largest absolute Gasteiger partial charge is 0.380 e. The zero-order valence-electron chi connectivity index (χ0n) is 10.3. The summed E-state index contributed by atoms with van der Waals surface area (Å²) < 4.78 is 6.17. The summed E-state index contributed by atoms with van der Waals surface area (Å²) in [5.41, 5.74) is 1.12. The molecule has 1 fully saturated rings. The second kappa shape index (κ2) is 5.67. The summed E-state index contributed by atoms with van der Waals surface area (Å²) in [4.78, 5) is 11.6. The summed E-state index contributed by atoms with van der Waals surface area (Å²) in [7, 11) is 0. The average molecular weight is 310 g/mol. The zero-order valence-corrected chi connectivity index (χ0v) is 11.9. The number of hydrogen-bond acceptors (Lipinski definition) is 2. The van der Waals surface area contributed by atoms with E-state index in [4.69, 9.17) is 4.74 Å². The van der Waals surface area contributed by atoms with Crippen LogP contribution in [-0.2, 0) is 9.53 Å². The number of halogens is 1. The van der Waals surface area contributed by atoms with Crippen LogP contribution in [-0.4, -0.2) is 25.7 Å². The van der Waals surface area contributed by atoms with Crippen LogP contribution in [0.25, 0.3) is 6.08 Å². The fourth-order valence-corrected chi connectivity index (χ4v) is 1.92. The van der Waals surface area contributed by atoms with E-state index in [-0.39, 0.29) is 11.3 Å². The van der Waals surface area contributed by atoms with Crippen molar-refractivity contribution in [1.82, 2.24) is 5.32 Å². The predicted octanol–water partition coefficient (Wildman–Crippen LogP) is 2.62. The smallest absolute Gasteiger partial charge is 0.244 e. The highest BCUT2D eigenvalue weighted by atomic mass is 79.9. The van der Waals surface area contributed by atoms with E-state index in [9.17, 15) is 4.79 Å². The van der Waals surface area contributed by atoms with Gasteiger partial charge in [-0.05, 0) is 23.8 Å². The monoisotopic (exact) mass is 309 g/mol. The molecule has 1 aromatic rings. The quantitative estimate of drug-likeness (QED) is 0.868. The van der Waals surface area contributed by atoms with Gasteiger partial charge in [-0.2, -0.15) is 0 Å². The Hall–Kier alpha value is -1.13. The molecule has 0 atom stereocenters. The molecule has 96 valence electrons. The average Bonchev–Trinajstić information content (AvgIpc) is 2.33. The second-order valence-corrected chi connectivity index (χ2v) is 5.82. The van der Waals surface area contributed by atoms with E-state index in [2.05, 4.69) is 28.2 Å². The number of benzene rings is 1. The van der Waals surface area contributed by atoms with Gasteiger partial charge in [0.1, 0.15) is 0 Å². The molecule has 0 radical (unpaired) electrons. The fraction of sp³-hybridized carbons (Fsp3) is 0.357. The van der Waals surface area contributed by atoms with Crippen molar-refractivity contribution in [3.05, 3.63) is 40.4 Å². The number of hydrogen-bond donors (Lipinski definition) is 1. The maximum Gasteiger partial charge on any atom is 0.244 e. The molecular weight excluding hydrogens is 294 g/mol. The number of amides is 1. The van der Waals surface area contributed by atoms with E-state index >= 15 is 0 Å². The van der Waals surface area contributed by atoms with Crippen LogP contribution in [0.1, 0.15) is 12.5 Å². The number of carbonyl (C=O) groups is 1. The maximum atomic E-state index is 11.6. The minimum atomic E-state index is -0.0638. The van der Waals surface area contributed by atoms with Gasteiger partial charge < -0.3 is 10.1 Å². The van der Waals surface area contributed by atoms with Gasteiger partial charge in [0.05, 0.1) is 13.2 Å². The lowest BCUT2D eigenvalue weighted by Gasteiger charge is -2.37. The molecule has 1 heterocycles. The van der Waals surface area contributed by atoms with Gasteiger partial charge in [0.15, 0.2) is 0 Å². The summed E-state index contributed by atoms with van der Waals surface area (Å²) in [6.07, 6.45) is 3.37. The Balaban J connectivity index is 1.81. The fourth-order valence-electron chi connectivity index (χ4n) is 1.66. The number of rotatable bonds is 4. The molecule has 2 rings (SSSR count). The summed E-state index contributed by atoms with van der Waals surface area (Å²) in [5, 5.41) is 2.89. The predicted molar refractivity (Wildman–Crippen MR) is 75.1 cm³/mol. The lowest BCUT2D eigenvalue weighted by molar-refractivity contribution is -0.122. The zero-order chi connectivity index (χ0) is 13.0.